The highest BCUT2D eigenvalue weighted by Crippen LogP contribution is 2.33. The Balaban J connectivity index is 0. The van der Waals surface area contributed by atoms with E-state index in [1.807, 2.05) is 11.8 Å². The Morgan fingerprint density at radius 3 is 2.29 bits per heavy atom. The molecule has 2 saturated heterocycles. The number of likely N-dealkylation sites (tertiary alicyclic amines) is 1. The van der Waals surface area contributed by atoms with E-state index in [-0.39, 0.29) is 40.5 Å². The highest BCUT2D eigenvalue weighted by Gasteiger charge is 2.47. The Labute approximate surface area is 171 Å². The molecule has 7 nitrogen and oxygen atoms in total. The van der Waals surface area contributed by atoms with Crippen LogP contribution in [0.4, 0.5) is 4.79 Å². The zero-order chi connectivity index (χ0) is 18.4. The van der Waals surface area contributed by atoms with Gasteiger partial charge in [-0.05, 0) is 26.7 Å². The van der Waals surface area contributed by atoms with Crippen LogP contribution in [0.25, 0.3) is 0 Å². The van der Waals surface area contributed by atoms with Crippen molar-refractivity contribution in [1.29, 1.82) is 0 Å². The molecule has 2 fully saturated rings. The second-order valence-electron chi connectivity index (χ2n) is 7.15. The molecule has 1 spiro atoms. The molecule has 2 amide bonds. The summed E-state index contributed by atoms with van der Waals surface area (Å²) in [5.74, 6) is 0.109. The molecule has 0 bridgehead atoms. The predicted octanol–water partition coefficient (Wildman–Crippen LogP) is 3.59. The first kappa shape index (κ1) is 28.2. The fraction of sp³-hybridized carbons (Fsp3) is 0.762. The lowest BCUT2D eigenvalue weighted by Crippen LogP contribution is -2.48. The van der Waals surface area contributed by atoms with Crippen molar-refractivity contribution in [3.05, 3.63) is 12.3 Å². The molecule has 7 heteroatoms. The number of amides is 2. The molecule has 2 heterocycles. The molecule has 0 aromatic rings. The minimum Gasteiger partial charge on any atom is -0.441 e. The zero-order valence-electron chi connectivity index (χ0n) is 15.3. The SMILES string of the molecule is C.C.C.C=C(C)NCCCCC(=O)N1CCC2(CC1)CN(CC(C)=O)C(=O)O2. The summed E-state index contributed by atoms with van der Waals surface area (Å²) in [5.41, 5.74) is 0.409. The second kappa shape index (κ2) is 12.4. The number of nitrogens with zero attached hydrogens (tertiary/aromatic N) is 2. The molecule has 0 saturated carbocycles. The number of nitrogens with one attached hydrogen (secondary N) is 1. The average Bonchev–Trinajstić information content (AvgIpc) is 2.82. The Kier molecular flexibility index (Phi) is 12.5. The standard InChI is InChI=1S/C18H29N3O4.3CH4/c1-14(2)19-9-5-4-6-16(23)20-10-7-18(8-11-20)13-21(12-15(3)22)17(24)25-18;;;/h19H,1,4-13H2,2-3H3;3*1H4. The molecule has 0 aromatic carbocycles. The van der Waals surface area contributed by atoms with Gasteiger partial charge >= 0.3 is 6.09 Å². The van der Waals surface area contributed by atoms with Crippen molar-refractivity contribution in [3.8, 4) is 0 Å². The number of hydrogen-bond donors (Lipinski definition) is 1. The van der Waals surface area contributed by atoms with Crippen molar-refractivity contribution in [2.24, 2.45) is 0 Å². The third-order valence-electron chi connectivity index (χ3n) is 4.73. The third-order valence-corrected chi connectivity index (χ3v) is 4.73. The van der Waals surface area contributed by atoms with Crippen molar-refractivity contribution in [3.63, 3.8) is 0 Å². The van der Waals surface area contributed by atoms with Crippen molar-refractivity contribution in [1.82, 2.24) is 15.1 Å². The maximum Gasteiger partial charge on any atom is 0.410 e. The number of unbranched alkanes of at least 4 members (excludes halogenated alkanes) is 1. The number of carbonyl (C=O) groups excluding carboxylic acids is 3. The number of ketones is 1. The molecule has 0 unspecified atom stereocenters. The van der Waals surface area contributed by atoms with E-state index in [1.54, 1.807) is 0 Å². The van der Waals surface area contributed by atoms with Crippen LogP contribution >= 0.6 is 0 Å². The van der Waals surface area contributed by atoms with Crippen LogP contribution in [0, 0.1) is 0 Å². The Morgan fingerprint density at radius 1 is 1.14 bits per heavy atom. The number of hydrogen-bond acceptors (Lipinski definition) is 5. The molecule has 2 aliphatic heterocycles. The van der Waals surface area contributed by atoms with Gasteiger partial charge < -0.3 is 15.0 Å². The quantitative estimate of drug-likeness (QED) is 0.631. The average molecular weight is 400 g/mol. The highest BCUT2D eigenvalue weighted by atomic mass is 16.6. The molecular formula is C21H41N3O4. The lowest BCUT2D eigenvalue weighted by atomic mass is 9.91. The third kappa shape index (κ3) is 7.90. The monoisotopic (exact) mass is 399 g/mol. The van der Waals surface area contributed by atoms with Crippen LogP contribution < -0.4 is 5.32 Å². The van der Waals surface area contributed by atoms with Gasteiger partial charge in [0.15, 0.2) is 0 Å². The summed E-state index contributed by atoms with van der Waals surface area (Å²) in [6.45, 7) is 9.75. The molecule has 28 heavy (non-hydrogen) atoms. The maximum atomic E-state index is 12.3. The van der Waals surface area contributed by atoms with Gasteiger partial charge in [0.25, 0.3) is 0 Å². The summed E-state index contributed by atoms with van der Waals surface area (Å²) in [6, 6.07) is 0. The smallest absolute Gasteiger partial charge is 0.410 e. The number of allylic oxidation sites excluding steroid dienone is 1. The van der Waals surface area contributed by atoms with E-state index in [0.717, 1.165) is 25.1 Å². The van der Waals surface area contributed by atoms with Gasteiger partial charge in [0.1, 0.15) is 11.4 Å². The molecule has 1 N–H and O–H groups in total. The first-order valence-electron chi connectivity index (χ1n) is 8.96. The van der Waals surface area contributed by atoms with Crippen LogP contribution in [0.15, 0.2) is 12.3 Å². The van der Waals surface area contributed by atoms with Gasteiger partial charge in [-0.25, -0.2) is 4.79 Å². The first-order valence-corrected chi connectivity index (χ1v) is 8.96. The molecule has 164 valence electrons. The van der Waals surface area contributed by atoms with Crippen molar-refractivity contribution < 1.29 is 19.1 Å². The van der Waals surface area contributed by atoms with Gasteiger partial charge in [-0.3, -0.25) is 14.5 Å². The Bertz CT molecular complexity index is 540. The summed E-state index contributed by atoms with van der Waals surface area (Å²) >= 11 is 0. The topological polar surface area (TPSA) is 79.0 Å². The van der Waals surface area contributed by atoms with Gasteiger partial charge in [0.2, 0.25) is 5.91 Å². The number of ether oxygens (including phenoxy) is 1. The van der Waals surface area contributed by atoms with E-state index in [4.69, 9.17) is 4.74 Å². The summed E-state index contributed by atoms with van der Waals surface area (Å²) < 4.78 is 5.55. The van der Waals surface area contributed by atoms with E-state index >= 15 is 0 Å². The minimum absolute atomic E-state index is 0. The normalized spacial score (nSPS) is 17.0. The minimum atomic E-state index is -0.533. The first-order chi connectivity index (χ1) is 11.8. The largest absolute Gasteiger partial charge is 0.441 e. The molecule has 0 aliphatic carbocycles. The van der Waals surface area contributed by atoms with Gasteiger partial charge in [-0.1, -0.05) is 28.9 Å². The Morgan fingerprint density at radius 2 is 1.75 bits per heavy atom. The lowest BCUT2D eigenvalue weighted by Gasteiger charge is -2.37. The van der Waals surface area contributed by atoms with E-state index < -0.39 is 11.7 Å². The van der Waals surface area contributed by atoms with E-state index in [0.29, 0.717) is 38.9 Å². The van der Waals surface area contributed by atoms with Crippen LogP contribution in [-0.2, 0) is 14.3 Å². The van der Waals surface area contributed by atoms with Crippen LogP contribution in [0.3, 0.4) is 0 Å². The molecule has 2 aliphatic rings. The van der Waals surface area contributed by atoms with Crippen molar-refractivity contribution >= 4 is 17.8 Å². The van der Waals surface area contributed by atoms with Crippen LogP contribution in [0.1, 0.15) is 68.2 Å². The fourth-order valence-corrected chi connectivity index (χ4v) is 3.37. The van der Waals surface area contributed by atoms with E-state index in [1.165, 1.54) is 11.8 Å². The van der Waals surface area contributed by atoms with Gasteiger partial charge in [-0.2, -0.15) is 0 Å². The number of carbonyl (C=O) groups is 3. The molecule has 0 atom stereocenters. The van der Waals surface area contributed by atoms with Gasteiger partial charge in [-0.15, -0.1) is 0 Å². The summed E-state index contributed by atoms with van der Waals surface area (Å²) in [6.07, 6.45) is 3.18. The fourth-order valence-electron chi connectivity index (χ4n) is 3.37. The molecule has 0 radical (unpaired) electrons. The van der Waals surface area contributed by atoms with Crippen molar-refractivity contribution in [2.45, 2.75) is 73.8 Å². The van der Waals surface area contributed by atoms with Gasteiger partial charge in [0, 0.05) is 44.6 Å². The molecule has 0 aromatic heterocycles. The van der Waals surface area contributed by atoms with E-state index in [9.17, 15) is 14.4 Å². The van der Waals surface area contributed by atoms with Crippen LogP contribution in [0.2, 0.25) is 0 Å². The number of piperidine rings is 1. The van der Waals surface area contributed by atoms with Gasteiger partial charge in [0.05, 0.1) is 13.1 Å². The highest BCUT2D eigenvalue weighted by molar-refractivity contribution is 5.83. The maximum absolute atomic E-state index is 12.3. The number of Topliss-reactive ketones (excluding diaryl/α,β-unsaturated/α-hetero) is 1. The lowest BCUT2D eigenvalue weighted by molar-refractivity contribution is -0.134. The summed E-state index contributed by atoms with van der Waals surface area (Å²) in [7, 11) is 0. The molecular weight excluding hydrogens is 358 g/mol. The zero-order valence-corrected chi connectivity index (χ0v) is 15.3. The predicted molar refractivity (Wildman–Crippen MR) is 114 cm³/mol. The van der Waals surface area contributed by atoms with Crippen LogP contribution in [0.5, 0.6) is 0 Å². The Hall–Kier alpha value is -2.05. The second-order valence-corrected chi connectivity index (χ2v) is 7.15. The summed E-state index contributed by atoms with van der Waals surface area (Å²) in [4.78, 5) is 38.8. The van der Waals surface area contributed by atoms with Crippen molar-refractivity contribution in [2.75, 3.05) is 32.7 Å². The molecule has 2 rings (SSSR count). The van der Waals surface area contributed by atoms with Crippen LogP contribution in [-0.4, -0.2) is 65.9 Å². The number of rotatable bonds is 8. The summed E-state index contributed by atoms with van der Waals surface area (Å²) in [5, 5.41) is 3.16. The van der Waals surface area contributed by atoms with E-state index in [2.05, 4.69) is 11.9 Å².